The molecular formula is C9H19BO. The van der Waals surface area contributed by atoms with Crippen molar-refractivity contribution in [2.75, 3.05) is 6.61 Å². The Labute approximate surface area is 70.9 Å². The standard InChI is InChI=1S/C9H19BO/c1-9(5-2-3-6-9)11-8-4-7-10/h2-8,10H2,1H3. The summed E-state index contributed by atoms with van der Waals surface area (Å²) in [5.74, 6) is 0. The third-order valence-electron chi connectivity index (χ3n) is 2.61. The van der Waals surface area contributed by atoms with Crippen molar-refractivity contribution in [3.8, 4) is 0 Å². The number of ether oxygens (including phenoxy) is 1. The lowest BCUT2D eigenvalue weighted by molar-refractivity contribution is -0.0256. The fourth-order valence-corrected chi connectivity index (χ4v) is 1.73. The van der Waals surface area contributed by atoms with Gasteiger partial charge in [-0.05, 0) is 26.2 Å². The zero-order chi connectivity index (χ0) is 8.16. The molecule has 0 heterocycles. The van der Waals surface area contributed by atoms with Gasteiger partial charge in [0, 0.05) is 6.61 Å². The molecule has 0 aromatic heterocycles. The van der Waals surface area contributed by atoms with Crippen molar-refractivity contribution in [1.29, 1.82) is 0 Å². The topological polar surface area (TPSA) is 9.23 Å². The third-order valence-corrected chi connectivity index (χ3v) is 2.61. The fourth-order valence-electron chi connectivity index (χ4n) is 1.73. The summed E-state index contributed by atoms with van der Waals surface area (Å²) in [6.07, 6.45) is 7.74. The van der Waals surface area contributed by atoms with Crippen LogP contribution in [0.1, 0.15) is 39.0 Å². The van der Waals surface area contributed by atoms with Gasteiger partial charge in [-0.3, -0.25) is 0 Å². The zero-order valence-corrected chi connectivity index (χ0v) is 7.86. The molecule has 2 heteroatoms. The molecular weight excluding hydrogens is 135 g/mol. The molecule has 0 spiro atoms. The first-order chi connectivity index (χ1) is 5.27. The number of hydrogen-bond acceptors (Lipinski definition) is 1. The Hall–Kier alpha value is 0.0249. The van der Waals surface area contributed by atoms with Gasteiger partial charge in [-0.15, -0.1) is 0 Å². The van der Waals surface area contributed by atoms with Gasteiger partial charge in [0.1, 0.15) is 7.85 Å². The van der Waals surface area contributed by atoms with E-state index in [4.69, 9.17) is 4.74 Å². The second-order valence-corrected chi connectivity index (χ2v) is 3.86. The second-order valence-electron chi connectivity index (χ2n) is 3.86. The SMILES string of the molecule is BCCCOC1(C)CCCC1. The lowest BCUT2D eigenvalue weighted by atomic mass is 10.0. The van der Waals surface area contributed by atoms with Crippen LogP contribution in [0.25, 0.3) is 0 Å². The average Bonchev–Trinajstić information content (AvgIpc) is 2.38. The van der Waals surface area contributed by atoms with Gasteiger partial charge in [-0.1, -0.05) is 19.2 Å². The molecule has 1 fully saturated rings. The molecule has 0 saturated heterocycles. The second kappa shape index (κ2) is 4.15. The molecule has 1 saturated carbocycles. The van der Waals surface area contributed by atoms with Crippen molar-refractivity contribution < 1.29 is 4.74 Å². The summed E-state index contributed by atoms with van der Waals surface area (Å²) in [7, 11) is 2.21. The van der Waals surface area contributed by atoms with Crippen molar-refractivity contribution in [1.82, 2.24) is 0 Å². The van der Waals surface area contributed by atoms with E-state index in [1.807, 2.05) is 0 Å². The summed E-state index contributed by atoms with van der Waals surface area (Å²) in [6, 6.07) is 0. The van der Waals surface area contributed by atoms with Crippen LogP contribution in [-0.2, 0) is 4.74 Å². The van der Waals surface area contributed by atoms with Crippen molar-refractivity contribution >= 4 is 7.85 Å². The highest BCUT2D eigenvalue weighted by Gasteiger charge is 2.28. The van der Waals surface area contributed by atoms with Gasteiger partial charge in [0.05, 0.1) is 5.60 Å². The van der Waals surface area contributed by atoms with E-state index >= 15 is 0 Å². The predicted octanol–water partition coefficient (Wildman–Crippen LogP) is 1.78. The first-order valence-corrected chi connectivity index (χ1v) is 4.91. The number of rotatable bonds is 4. The highest BCUT2D eigenvalue weighted by molar-refractivity contribution is 6.08. The summed E-state index contributed by atoms with van der Waals surface area (Å²) in [5.41, 5.74) is 0.245. The molecule has 0 atom stereocenters. The number of hydrogen-bond donors (Lipinski definition) is 0. The Morgan fingerprint density at radius 2 is 2.00 bits per heavy atom. The van der Waals surface area contributed by atoms with E-state index in [0.717, 1.165) is 6.61 Å². The van der Waals surface area contributed by atoms with Crippen molar-refractivity contribution in [3.05, 3.63) is 0 Å². The fraction of sp³-hybridized carbons (Fsp3) is 1.00. The average molecular weight is 154 g/mol. The first kappa shape index (κ1) is 9.12. The quantitative estimate of drug-likeness (QED) is 0.443. The Morgan fingerprint density at radius 1 is 1.36 bits per heavy atom. The van der Waals surface area contributed by atoms with E-state index in [2.05, 4.69) is 14.8 Å². The van der Waals surface area contributed by atoms with E-state index in [0.29, 0.717) is 0 Å². The molecule has 0 amide bonds. The Kier molecular flexibility index (Phi) is 3.44. The highest BCUT2D eigenvalue weighted by atomic mass is 16.5. The molecule has 1 rings (SSSR count). The largest absolute Gasteiger partial charge is 0.375 e. The van der Waals surface area contributed by atoms with E-state index in [-0.39, 0.29) is 5.60 Å². The van der Waals surface area contributed by atoms with Crippen molar-refractivity contribution in [2.24, 2.45) is 0 Å². The van der Waals surface area contributed by atoms with Crippen LogP contribution in [0.3, 0.4) is 0 Å². The molecule has 0 aliphatic heterocycles. The summed E-state index contributed by atoms with van der Waals surface area (Å²) >= 11 is 0. The van der Waals surface area contributed by atoms with Crippen molar-refractivity contribution in [2.45, 2.75) is 50.9 Å². The molecule has 0 bridgehead atoms. The summed E-state index contributed by atoms with van der Waals surface area (Å²) in [4.78, 5) is 0. The maximum Gasteiger partial charge on any atom is 0.101 e. The van der Waals surface area contributed by atoms with E-state index in [1.165, 1.54) is 38.4 Å². The minimum Gasteiger partial charge on any atom is -0.375 e. The maximum atomic E-state index is 5.83. The van der Waals surface area contributed by atoms with Gasteiger partial charge < -0.3 is 4.74 Å². The van der Waals surface area contributed by atoms with Gasteiger partial charge in [0.15, 0.2) is 0 Å². The first-order valence-electron chi connectivity index (χ1n) is 4.91. The molecule has 64 valence electrons. The van der Waals surface area contributed by atoms with Crippen LogP contribution in [0.4, 0.5) is 0 Å². The Balaban J connectivity index is 2.13. The van der Waals surface area contributed by atoms with Crippen molar-refractivity contribution in [3.63, 3.8) is 0 Å². The monoisotopic (exact) mass is 154 g/mol. The summed E-state index contributed by atoms with van der Waals surface area (Å²) < 4.78 is 5.83. The molecule has 11 heavy (non-hydrogen) atoms. The lowest BCUT2D eigenvalue weighted by Crippen LogP contribution is -2.24. The minimum absolute atomic E-state index is 0.245. The van der Waals surface area contributed by atoms with Crippen LogP contribution >= 0.6 is 0 Å². The highest BCUT2D eigenvalue weighted by Crippen LogP contribution is 2.32. The molecule has 1 aliphatic rings. The molecule has 0 radical (unpaired) electrons. The Bertz CT molecular complexity index is 108. The molecule has 1 aliphatic carbocycles. The molecule has 0 N–H and O–H groups in total. The Morgan fingerprint density at radius 3 is 2.55 bits per heavy atom. The molecule has 0 aromatic rings. The van der Waals surface area contributed by atoms with E-state index in [9.17, 15) is 0 Å². The normalized spacial score (nSPS) is 22.3. The molecule has 1 nitrogen and oxygen atoms in total. The lowest BCUT2D eigenvalue weighted by Gasteiger charge is -2.23. The van der Waals surface area contributed by atoms with Crippen LogP contribution in [0.15, 0.2) is 0 Å². The summed E-state index contributed by atoms with van der Waals surface area (Å²) in [5, 5.41) is 0. The van der Waals surface area contributed by atoms with Gasteiger partial charge in [0.2, 0.25) is 0 Å². The van der Waals surface area contributed by atoms with E-state index < -0.39 is 0 Å². The van der Waals surface area contributed by atoms with Gasteiger partial charge in [-0.25, -0.2) is 0 Å². The van der Waals surface area contributed by atoms with Crippen LogP contribution in [0.2, 0.25) is 6.32 Å². The van der Waals surface area contributed by atoms with E-state index in [1.54, 1.807) is 0 Å². The zero-order valence-electron chi connectivity index (χ0n) is 7.86. The third kappa shape index (κ3) is 2.86. The van der Waals surface area contributed by atoms with Crippen LogP contribution in [0, 0.1) is 0 Å². The predicted molar refractivity (Wildman–Crippen MR) is 50.8 cm³/mol. The molecule has 0 aromatic carbocycles. The van der Waals surface area contributed by atoms with Gasteiger partial charge in [-0.2, -0.15) is 0 Å². The van der Waals surface area contributed by atoms with Gasteiger partial charge in [0.25, 0.3) is 0 Å². The van der Waals surface area contributed by atoms with Crippen LogP contribution in [-0.4, -0.2) is 20.1 Å². The summed E-state index contributed by atoms with van der Waals surface area (Å²) in [6.45, 7) is 3.22. The molecule has 0 unspecified atom stereocenters. The van der Waals surface area contributed by atoms with Crippen LogP contribution in [0.5, 0.6) is 0 Å². The minimum atomic E-state index is 0.245. The smallest absolute Gasteiger partial charge is 0.101 e. The van der Waals surface area contributed by atoms with Crippen LogP contribution < -0.4 is 0 Å². The maximum absolute atomic E-state index is 5.83. The van der Waals surface area contributed by atoms with Gasteiger partial charge >= 0.3 is 0 Å².